The highest BCUT2D eigenvalue weighted by Crippen LogP contribution is 2.30. The minimum absolute atomic E-state index is 0.0566. The van der Waals surface area contributed by atoms with E-state index in [0.29, 0.717) is 5.41 Å². The first-order chi connectivity index (χ1) is 7.37. The van der Waals surface area contributed by atoms with E-state index in [4.69, 9.17) is 5.84 Å². The number of hydrazine groups is 1. The van der Waals surface area contributed by atoms with Crippen LogP contribution in [0.25, 0.3) is 0 Å². The molecule has 0 aromatic heterocycles. The quantitative estimate of drug-likeness (QED) is 0.431. The summed E-state index contributed by atoms with van der Waals surface area (Å²) in [5.74, 6) is 5.05. The molecule has 1 aliphatic rings. The van der Waals surface area contributed by atoms with Crippen molar-refractivity contribution in [2.24, 2.45) is 17.2 Å². The van der Waals surface area contributed by atoms with Gasteiger partial charge in [-0.05, 0) is 31.7 Å². The fourth-order valence-corrected chi connectivity index (χ4v) is 2.48. The van der Waals surface area contributed by atoms with Gasteiger partial charge >= 0.3 is 0 Å². The Kier molecular flexibility index (Phi) is 4.33. The van der Waals surface area contributed by atoms with Crippen molar-refractivity contribution in [2.75, 3.05) is 13.1 Å². The van der Waals surface area contributed by atoms with Crippen LogP contribution >= 0.6 is 0 Å². The zero-order valence-corrected chi connectivity index (χ0v) is 10.9. The number of amides is 1. The van der Waals surface area contributed by atoms with E-state index in [2.05, 4.69) is 31.1 Å². The molecule has 2 unspecified atom stereocenters. The van der Waals surface area contributed by atoms with Crippen molar-refractivity contribution in [3.05, 3.63) is 0 Å². The summed E-state index contributed by atoms with van der Waals surface area (Å²) < 4.78 is 0. The van der Waals surface area contributed by atoms with Gasteiger partial charge in [0.1, 0.15) is 0 Å². The molecule has 1 amide bonds. The summed E-state index contributed by atoms with van der Waals surface area (Å²) in [6, 6.07) is 0.253. The molecule has 3 N–H and O–H groups in total. The molecule has 0 bridgehead atoms. The molecule has 1 heterocycles. The Hall–Kier alpha value is -0.610. The lowest BCUT2D eigenvalue weighted by Crippen LogP contribution is -2.50. The second-order valence-corrected chi connectivity index (χ2v) is 5.78. The molecule has 0 saturated carbocycles. The van der Waals surface area contributed by atoms with Crippen LogP contribution in [0, 0.1) is 11.3 Å². The predicted octanol–water partition coefficient (Wildman–Crippen LogP) is 1.12. The molecular weight excluding hydrogens is 202 g/mol. The zero-order valence-electron chi connectivity index (χ0n) is 10.9. The summed E-state index contributed by atoms with van der Waals surface area (Å²) in [7, 11) is 0. The van der Waals surface area contributed by atoms with Crippen molar-refractivity contribution in [3.8, 4) is 0 Å². The van der Waals surface area contributed by atoms with Crippen LogP contribution in [0.4, 0.5) is 0 Å². The second-order valence-electron chi connectivity index (χ2n) is 5.78. The average molecular weight is 227 g/mol. The van der Waals surface area contributed by atoms with E-state index in [0.717, 1.165) is 13.1 Å². The largest absolute Gasteiger partial charge is 0.299 e. The molecule has 0 radical (unpaired) electrons. The van der Waals surface area contributed by atoms with Crippen LogP contribution in [0.15, 0.2) is 0 Å². The number of nitrogens with two attached hydrogens (primary N) is 1. The van der Waals surface area contributed by atoms with Crippen molar-refractivity contribution < 1.29 is 4.79 Å². The number of piperidine rings is 1. The molecule has 0 spiro atoms. The molecule has 1 aliphatic heterocycles. The highest BCUT2D eigenvalue weighted by atomic mass is 16.2. The zero-order chi connectivity index (χ0) is 12.3. The Morgan fingerprint density at radius 1 is 1.44 bits per heavy atom. The Morgan fingerprint density at radius 2 is 2.06 bits per heavy atom. The van der Waals surface area contributed by atoms with Gasteiger partial charge in [0.25, 0.3) is 0 Å². The summed E-state index contributed by atoms with van der Waals surface area (Å²) in [5, 5.41) is 0. The maximum Gasteiger partial charge on any atom is 0.238 e. The number of carbonyl (C=O) groups is 1. The number of hydrogen-bond acceptors (Lipinski definition) is 3. The average Bonchev–Trinajstić information content (AvgIpc) is 2.24. The van der Waals surface area contributed by atoms with Crippen molar-refractivity contribution in [3.63, 3.8) is 0 Å². The lowest BCUT2D eigenvalue weighted by Gasteiger charge is -2.42. The molecule has 0 aromatic carbocycles. The third-order valence-corrected chi connectivity index (χ3v) is 3.79. The van der Waals surface area contributed by atoms with Crippen LogP contribution in [0.5, 0.6) is 0 Å². The SMILES string of the molecule is CC(C(=O)NN)C(C)N1CCCC(C)(C)C1. The van der Waals surface area contributed by atoms with Gasteiger partial charge in [-0.2, -0.15) is 0 Å². The van der Waals surface area contributed by atoms with Gasteiger partial charge in [0.2, 0.25) is 5.91 Å². The van der Waals surface area contributed by atoms with Crippen LogP contribution in [-0.2, 0) is 4.79 Å². The summed E-state index contributed by atoms with van der Waals surface area (Å²) in [6.45, 7) is 10.8. The maximum atomic E-state index is 11.5. The van der Waals surface area contributed by atoms with E-state index < -0.39 is 0 Å². The normalized spacial score (nSPS) is 24.8. The van der Waals surface area contributed by atoms with Crippen LogP contribution in [0.3, 0.4) is 0 Å². The van der Waals surface area contributed by atoms with Crippen LogP contribution in [0.1, 0.15) is 40.5 Å². The fraction of sp³-hybridized carbons (Fsp3) is 0.917. The fourth-order valence-electron chi connectivity index (χ4n) is 2.48. The highest BCUT2D eigenvalue weighted by molar-refractivity contribution is 5.78. The lowest BCUT2D eigenvalue weighted by atomic mass is 9.83. The first kappa shape index (κ1) is 13.5. The molecule has 0 aliphatic carbocycles. The van der Waals surface area contributed by atoms with Gasteiger partial charge in [-0.3, -0.25) is 15.1 Å². The monoisotopic (exact) mass is 227 g/mol. The summed E-state index contributed by atoms with van der Waals surface area (Å²) in [6.07, 6.45) is 2.49. The minimum atomic E-state index is -0.0733. The molecule has 0 aromatic rings. The molecule has 1 saturated heterocycles. The Morgan fingerprint density at radius 3 is 2.56 bits per heavy atom. The van der Waals surface area contributed by atoms with E-state index in [1.54, 1.807) is 0 Å². The predicted molar refractivity (Wildman–Crippen MR) is 65.5 cm³/mol. The van der Waals surface area contributed by atoms with Gasteiger partial charge in [0.05, 0.1) is 5.92 Å². The maximum absolute atomic E-state index is 11.5. The molecular formula is C12H25N3O. The second kappa shape index (κ2) is 5.15. The Bertz CT molecular complexity index is 253. The number of nitrogens with one attached hydrogen (secondary N) is 1. The number of rotatable bonds is 3. The smallest absolute Gasteiger partial charge is 0.238 e. The van der Waals surface area contributed by atoms with Crippen LogP contribution in [-0.4, -0.2) is 29.9 Å². The van der Waals surface area contributed by atoms with Gasteiger partial charge in [-0.25, -0.2) is 5.84 Å². The first-order valence-corrected chi connectivity index (χ1v) is 6.12. The topological polar surface area (TPSA) is 58.4 Å². The Balaban J connectivity index is 2.59. The molecule has 94 valence electrons. The summed E-state index contributed by atoms with van der Waals surface area (Å²) in [4.78, 5) is 13.9. The van der Waals surface area contributed by atoms with E-state index in [9.17, 15) is 4.79 Å². The first-order valence-electron chi connectivity index (χ1n) is 6.12. The van der Waals surface area contributed by atoms with E-state index in [1.807, 2.05) is 6.92 Å². The summed E-state index contributed by atoms with van der Waals surface area (Å²) >= 11 is 0. The standard InChI is InChI=1S/C12H25N3O/c1-9(11(16)14-13)10(2)15-7-5-6-12(3,4)8-15/h9-10H,5-8,13H2,1-4H3,(H,14,16). The van der Waals surface area contributed by atoms with Crippen molar-refractivity contribution in [2.45, 2.75) is 46.6 Å². The molecule has 4 heteroatoms. The number of carbonyl (C=O) groups excluding carboxylic acids is 1. The van der Waals surface area contributed by atoms with E-state index >= 15 is 0 Å². The number of nitrogens with zero attached hydrogens (tertiary/aromatic N) is 1. The van der Waals surface area contributed by atoms with Gasteiger partial charge in [0.15, 0.2) is 0 Å². The molecule has 1 rings (SSSR count). The van der Waals surface area contributed by atoms with Gasteiger partial charge in [0, 0.05) is 12.6 Å². The van der Waals surface area contributed by atoms with Crippen molar-refractivity contribution in [1.82, 2.24) is 10.3 Å². The molecule has 1 fully saturated rings. The van der Waals surface area contributed by atoms with Crippen LogP contribution in [0.2, 0.25) is 0 Å². The highest BCUT2D eigenvalue weighted by Gasteiger charge is 2.32. The van der Waals surface area contributed by atoms with Crippen molar-refractivity contribution in [1.29, 1.82) is 0 Å². The van der Waals surface area contributed by atoms with Gasteiger partial charge < -0.3 is 0 Å². The van der Waals surface area contributed by atoms with E-state index in [1.165, 1.54) is 12.8 Å². The third-order valence-electron chi connectivity index (χ3n) is 3.79. The molecule has 16 heavy (non-hydrogen) atoms. The molecule has 4 nitrogen and oxygen atoms in total. The van der Waals surface area contributed by atoms with Gasteiger partial charge in [-0.1, -0.05) is 20.8 Å². The third kappa shape index (κ3) is 3.19. The van der Waals surface area contributed by atoms with E-state index in [-0.39, 0.29) is 17.9 Å². The Labute approximate surface area is 98.5 Å². The number of likely N-dealkylation sites (tertiary alicyclic amines) is 1. The van der Waals surface area contributed by atoms with Gasteiger partial charge in [-0.15, -0.1) is 0 Å². The van der Waals surface area contributed by atoms with Crippen molar-refractivity contribution >= 4 is 5.91 Å². The lowest BCUT2D eigenvalue weighted by molar-refractivity contribution is -0.127. The number of hydrogen-bond donors (Lipinski definition) is 2. The minimum Gasteiger partial charge on any atom is -0.299 e. The molecule has 2 atom stereocenters. The van der Waals surface area contributed by atoms with Crippen LogP contribution < -0.4 is 11.3 Å². The summed E-state index contributed by atoms with van der Waals surface area (Å²) in [5.41, 5.74) is 2.61.